The number of benzene rings is 2. The fourth-order valence-electron chi connectivity index (χ4n) is 4.16. The van der Waals surface area contributed by atoms with Crippen molar-refractivity contribution in [2.24, 2.45) is 0 Å². The molecule has 0 bridgehead atoms. The Hall–Kier alpha value is -2.16. The Morgan fingerprint density at radius 2 is 1.72 bits per heavy atom. The fraction of sp³-hybridized carbons (Fsp3) is 0.440. The number of methoxy groups -OCH3 is 2. The van der Waals surface area contributed by atoms with Gasteiger partial charge in [-0.25, -0.2) is 0 Å². The molecule has 7 heteroatoms. The first-order chi connectivity index (χ1) is 15.7. The van der Waals surface area contributed by atoms with E-state index in [-0.39, 0.29) is 0 Å². The number of thiophene rings is 1. The van der Waals surface area contributed by atoms with Crippen molar-refractivity contribution in [1.29, 1.82) is 0 Å². The maximum Gasteiger partial charge on any atom is 0.161 e. The molecule has 6 nitrogen and oxygen atoms in total. The van der Waals surface area contributed by atoms with Crippen LogP contribution in [0, 0.1) is 0 Å². The number of hydrogen-bond acceptors (Lipinski definition) is 7. The summed E-state index contributed by atoms with van der Waals surface area (Å²) in [7, 11) is 3.24. The molecule has 1 N–H and O–H groups in total. The average Bonchev–Trinajstić information content (AvgIpc) is 3.23. The molecule has 1 saturated heterocycles. The van der Waals surface area contributed by atoms with Crippen LogP contribution in [0.15, 0.2) is 47.8 Å². The second-order valence-electron chi connectivity index (χ2n) is 8.19. The number of fused-ring (bicyclic) bond motifs is 1. The predicted octanol–water partition coefficient (Wildman–Crippen LogP) is 3.61. The first kappa shape index (κ1) is 23.0. The van der Waals surface area contributed by atoms with Crippen LogP contribution in [-0.2, 0) is 17.9 Å². The highest BCUT2D eigenvalue weighted by Crippen LogP contribution is 2.28. The molecule has 0 spiro atoms. The summed E-state index contributed by atoms with van der Waals surface area (Å²) in [5.74, 6) is 1.38. The monoisotopic (exact) mass is 456 g/mol. The topological polar surface area (TPSA) is 54.4 Å². The van der Waals surface area contributed by atoms with Crippen LogP contribution in [0.2, 0.25) is 0 Å². The molecule has 172 valence electrons. The number of hydrogen-bond donors (Lipinski definition) is 1. The molecule has 1 aliphatic heterocycles. The van der Waals surface area contributed by atoms with Crippen LogP contribution in [0.4, 0.5) is 0 Å². The summed E-state index contributed by atoms with van der Waals surface area (Å²) in [6.45, 7) is 6.35. The molecule has 32 heavy (non-hydrogen) atoms. The van der Waals surface area contributed by atoms with Crippen LogP contribution in [0.3, 0.4) is 0 Å². The van der Waals surface area contributed by atoms with Crippen molar-refractivity contribution in [2.45, 2.75) is 19.3 Å². The summed E-state index contributed by atoms with van der Waals surface area (Å²) >= 11 is 1.82. The standard InChI is InChI=1S/C25H32N2O4S/c1-29-23-8-7-19(13-24(23)30-2)16-31-17-21(28)15-27-11-9-26(10-12-27)14-20-18-32-25-6-4-3-5-22(20)25/h3-8,13,18,21,28H,9-12,14-17H2,1-2H3. The van der Waals surface area contributed by atoms with E-state index < -0.39 is 6.10 Å². The van der Waals surface area contributed by atoms with E-state index >= 15 is 0 Å². The van der Waals surface area contributed by atoms with E-state index in [2.05, 4.69) is 39.4 Å². The lowest BCUT2D eigenvalue weighted by Gasteiger charge is -2.35. The molecule has 0 saturated carbocycles. The Morgan fingerprint density at radius 1 is 0.969 bits per heavy atom. The minimum atomic E-state index is -0.498. The highest BCUT2D eigenvalue weighted by atomic mass is 32.1. The molecule has 2 aromatic carbocycles. The van der Waals surface area contributed by atoms with Gasteiger partial charge in [-0.3, -0.25) is 9.80 Å². The largest absolute Gasteiger partial charge is 0.493 e. The van der Waals surface area contributed by atoms with Gasteiger partial charge in [0.25, 0.3) is 0 Å². The SMILES string of the molecule is COc1ccc(COCC(O)CN2CCN(Cc3csc4ccccc34)CC2)cc1OC. The van der Waals surface area contributed by atoms with Gasteiger partial charge < -0.3 is 19.3 Å². The van der Waals surface area contributed by atoms with Crippen molar-refractivity contribution in [2.75, 3.05) is 53.6 Å². The van der Waals surface area contributed by atoms with Gasteiger partial charge in [0.2, 0.25) is 0 Å². The van der Waals surface area contributed by atoms with Crippen molar-refractivity contribution < 1.29 is 19.3 Å². The zero-order chi connectivity index (χ0) is 22.3. The zero-order valence-corrected chi connectivity index (χ0v) is 19.6. The maximum atomic E-state index is 10.4. The highest BCUT2D eigenvalue weighted by Gasteiger charge is 2.20. The lowest BCUT2D eigenvalue weighted by Crippen LogP contribution is -2.48. The van der Waals surface area contributed by atoms with Crippen molar-refractivity contribution in [1.82, 2.24) is 9.80 Å². The van der Waals surface area contributed by atoms with E-state index in [9.17, 15) is 5.11 Å². The minimum Gasteiger partial charge on any atom is -0.493 e. The number of rotatable bonds is 10. The molecule has 1 atom stereocenters. The molecule has 3 aromatic rings. The fourth-order valence-corrected chi connectivity index (χ4v) is 5.11. The van der Waals surface area contributed by atoms with Crippen LogP contribution < -0.4 is 9.47 Å². The van der Waals surface area contributed by atoms with Crippen LogP contribution in [0.1, 0.15) is 11.1 Å². The molecule has 1 unspecified atom stereocenters. The first-order valence-corrected chi connectivity index (χ1v) is 11.9. The molecule has 1 fully saturated rings. The third kappa shape index (κ3) is 5.79. The normalized spacial score (nSPS) is 16.3. The molecule has 2 heterocycles. The van der Waals surface area contributed by atoms with Gasteiger partial charge in [0, 0.05) is 44.0 Å². The molecule has 0 amide bonds. The molecule has 1 aliphatic rings. The molecule has 1 aromatic heterocycles. The number of piperazine rings is 1. The second-order valence-corrected chi connectivity index (χ2v) is 9.10. The van der Waals surface area contributed by atoms with E-state index in [1.165, 1.54) is 15.6 Å². The zero-order valence-electron chi connectivity index (χ0n) is 18.8. The Bertz CT molecular complexity index is 1000. The van der Waals surface area contributed by atoms with Crippen LogP contribution >= 0.6 is 11.3 Å². The van der Waals surface area contributed by atoms with Crippen molar-refractivity contribution in [3.63, 3.8) is 0 Å². The van der Waals surface area contributed by atoms with Gasteiger partial charge in [-0.05, 0) is 40.1 Å². The van der Waals surface area contributed by atoms with E-state index in [1.807, 2.05) is 29.5 Å². The van der Waals surface area contributed by atoms with E-state index in [4.69, 9.17) is 14.2 Å². The Morgan fingerprint density at radius 3 is 2.50 bits per heavy atom. The molecular weight excluding hydrogens is 424 g/mol. The summed E-state index contributed by atoms with van der Waals surface area (Å²) < 4.78 is 17.7. The predicted molar refractivity (Wildman–Crippen MR) is 129 cm³/mol. The Labute approximate surface area is 193 Å². The Kier molecular flexibility index (Phi) is 8.00. The van der Waals surface area contributed by atoms with Gasteiger partial charge in [0.15, 0.2) is 11.5 Å². The summed E-state index contributed by atoms with van der Waals surface area (Å²) in [6.07, 6.45) is -0.498. The van der Waals surface area contributed by atoms with Gasteiger partial charge in [0.05, 0.1) is 33.5 Å². The van der Waals surface area contributed by atoms with Crippen LogP contribution in [0.25, 0.3) is 10.1 Å². The molecule has 0 radical (unpaired) electrons. The second kappa shape index (κ2) is 11.1. The van der Waals surface area contributed by atoms with Crippen molar-refractivity contribution in [3.8, 4) is 11.5 Å². The van der Waals surface area contributed by atoms with Gasteiger partial charge >= 0.3 is 0 Å². The van der Waals surface area contributed by atoms with Gasteiger partial charge in [-0.1, -0.05) is 24.3 Å². The van der Waals surface area contributed by atoms with Crippen molar-refractivity contribution in [3.05, 3.63) is 59.0 Å². The minimum absolute atomic E-state index is 0.315. The van der Waals surface area contributed by atoms with Gasteiger partial charge in [-0.2, -0.15) is 0 Å². The van der Waals surface area contributed by atoms with Crippen LogP contribution in [-0.4, -0.2) is 74.6 Å². The summed E-state index contributed by atoms with van der Waals surface area (Å²) in [4.78, 5) is 4.83. The first-order valence-electron chi connectivity index (χ1n) is 11.0. The summed E-state index contributed by atoms with van der Waals surface area (Å²) in [5.41, 5.74) is 2.41. The quantitative estimate of drug-likeness (QED) is 0.503. The highest BCUT2D eigenvalue weighted by molar-refractivity contribution is 7.17. The number of nitrogens with zero attached hydrogens (tertiary/aromatic N) is 2. The van der Waals surface area contributed by atoms with Crippen LogP contribution in [0.5, 0.6) is 11.5 Å². The third-order valence-corrected chi connectivity index (χ3v) is 6.93. The van der Waals surface area contributed by atoms with E-state index in [0.29, 0.717) is 31.3 Å². The average molecular weight is 457 g/mol. The summed E-state index contributed by atoms with van der Waals surface area (Å²) in [6, 6.07) is 14.3. The maximum absolute atomic E-state index is 10.4. The number of aliphatic hydroxyl groups excluding tert-OH is 1. The van der Waals surface area contributed by atoms with Gasteiger partial charge in [-0.15, -0.1) is 11.3 Å². The Balaban J connectivity index is 1.17. The van der Waals surface area contributed by atoms with Crippen molar-refractivity contribution >= 4 is 21.4 Å². The molecular formula is C25H32N2O4S. The third-order valence-electron chi connectivity index (χ3n) is 5.92. The van der Waals surface area contributed by atoms with E-state index in [0.717, 1.165) is 38.3 Å². The lowest BCUT2D eigenvalue weighted by atomic mass is 10.1. The molecule has 4 rings (SSSR count). The number of ether oxygens (including phenoxy) is 3. The smallest absolute Gasteiger partial charge is 0.161 e. The summed E-state index contributed by atoms with van der Waals surface area (Å²) in [5, 5.41) is 14.1. The lowest BCUT2D eigenvalue weighted by molar-refractivity contribution is 0.000871. The number of β-amino-alcohol motifs (C(OH)–C–C–N with tert-alkyl or cyclic N) is 1. The van der Waals surface area contributed by atoms with E-state index in [1.54, 1.807) is 14.2 Å². The molecule has 0 aliphatic carbocycles. The number of aliphatic hydroxyl groups is 1. The van der Waals surface area contributed by atoms with Gasteiger partial charge in [0.1, 0.15) is 0 Å².